The van der Waals surface area contributed by atoms with Crippen LogP contribution in [0, 0.1) is 0 Å². The van der Waals surface area contributed by atoms with Crippen LogP contribution in [0.1, 0.15) is 26.3 Å². The molecule has 0 aliphatic carbocycles. The highest BCUT2D eigenvalue weighted by Crippen LogP contribution is 2.03. The van der Waals surface area contributed by atoms with Crippen LogP contribution < -0.4 is 16.4 Å². The van der Waals surface area contributed by atoms with Gasteiger partial charge in [0.2, 0.25) is 5.91 Å². The molecule has 6 nitrogen and oxygen atoms in total. The molecule has 1 rings (SSSR count). The van der Waals surface area contributed by atoms with Gasteiger partial charge in [-0.3, -0.25) is 15.0 Å². The fraction of sp³-hybridized carbons (Fsp3) is 0.500. The van der Waals surface area contributed by atoms with E-state index in [9.17, 15) is 9.59 Å². The van der Waals surface area contributed by atoms with Crippen molar-refractivity contribution in [1.29, 1.82) is 0 Å². The van der Waals surface area contributed by atoms with Crippen molar-refractivity contribution in [3.8, 4) is 0 Å². The molecule has 0 saturated heterocycles. The van der Waals surface area contributed by atoms with E-state index in [2.05, 4.69) is 10.6 Å². The lowest BCUT2D eigenvalue weighted by Gasteiger charge is -2.23. The number of benzene rings is 1. The number of amides is 3. The summed E-state index contributed by atoms with van der Waals surface area (Å²) in [5.41, 5.74) is 6.31. The summed E-state index contributed by atoms with van der Waals surface area (Å²) in [6, 6.07) is 9.35. The minimum atomic E-state index is -0.482. The Labute approximate surface area is 132 Å². The molecular weight excluding hydrogens is 280 g/mol. The molecule has 0 unspecified atom stereocenters. The number of nitrogens with two attached hydrogens (primary N) is 1. The smallest absolute Gasteiger partial charge is 0.321 e. The Morgan fingerprint density at radius 2 is 1.82 bits per heavy atom. The zero-order valence-electron chi connectivity index (χ0n) is 13.6. The highest BCUT2D eigenvalue weighted by atomic mass is 16.2. The second-order valence-electron chi connectivity index (χ2n) is 6.24. The zero-order chi connectivity index (χ0) is 16.6. The SMILES string of the molecule is CC(C)(C)NC(=O)NC(=O)CN(CCN)Cc1ccccc1. The number of nitrogens with one attached hydrogen (secondary N) is 2. The van der Waals surface area contributed by atoms with Crippen molar-refractivity contribution >= 4 is 11.9 Å². The zero-order valence-corrected chi connectivity index (χ0v) is 13.6. The van der Waals surface area contributed by atoms with E-state index in [-0.39, 0.29) is 18.0 Å². The molecular formula is C16H26N4O2. The maximum Gasteiger partial charge on any atom is 0.321 e. The number of nitrogens with zero attached hydrogens (tertiary/aromatic N) is 1. The molecule has 0 aliphatic heterocycles. The molecule has 0 radical (unpaired) electrons. The summed E-state index contributed by atoms with van der Waals surface area (Å²) in [6.45, 7) is 7.35. The van der Waals surface area contributed by atoms with Crippen LogP contribution in [-0.2, 0) is 11.3 Å². The Hall–Kier alpha value is -1.92. The van der Waals surface area contributed by atoms with Crippen molar-refractivity contribution in [3.63, 3.8) is 0 Å². The van der Waals surface area contributed by atoms with E-state index in [1.807, 2.05) is 56.0 Å². The van der Waals surface area contributed by atoms with E-state index in [0.717, 1.165) is 5.56 Å². The lowest BCUT2D eigenvalue weighted by Crippen LogP contribution is -2.50. The van der Waals surface area contributed by atoms with Crippen LogP contribution in [0.15, 0.2) is 30.3 Å². The van der Waals surface area contributed by atoms with Gasteiger partial charge in [-0.2, -0.15) is 0 Å². The molecule has 22 heavy (non-hydrogen) atoms. The molecule has 0 bridgehead atoms. The van der Waals surface area contributed by atoms with Crippen LogP contribution in [-0.4, -0.2) is 42.0 Å². The largest absolute Gasteiger partial charge is 0.333 e. The average molecular weight is 306 g/mol. The van der Waals surface area contributed by atoms with E-state index in [0.29, 0.717) is 19.6 Å². The summed E-state index contributed by atoms with van der Waals surface area (Å²) >= 11 is 0. The topological polar surface area (TPSA) is 87.5 Å². The normalized spacial score (nSPS) is 11.3. The molecule has 0 heterocycles. The van der Waals surface area contributed by atoms with Gasteiger partial charge >= 0.3 is 6.03 Å². The van der Waals surface area contributed by atoms with E-state index in [1.54, 1.807) is 0 Å². The van der Waals surface area contributed by atoms with Crippen molar-refractivity contribution in [2.24, 2.45) is 5.73 Å². The second-order valence-corrected chi connectivity index (χ2v) is 6.24. The number of carbonyl (C=O) groups excluding carboxylic acids is 2. The van der Waals surface area contributed by atoms with Crippen LogP contribution in [0.3, 0.4) is 0 Å². The van der Waals surface area contributed by atoms with Crippen LogP contribution in [0.5, 0.6) is 0 Å². The van der Waals surface area contributed by atoms with Crippen molar-refractivity contribution in [2.45, 2.75) is 32.9 Å². The summed E-state index contributed by atoms with van der Waals surface area (Å²) < 4.78 is 0. The van der Waals surface area contributed by atoms with Crippen LogP contribution in [0.2, 0.25) is 0 Å². The molecule has 0 aliphatic rings. The number of carbonyl (C=O) groups is 2. The summed E-state index contributed by atoms with van der Waals surface area (Å²) in [5.74, 6) is -0.342. The summed E-state index contributed by atoms with van der Waals surface area (Å²) in [4.78, 5) is 25.6. The molecule has 0 fully saturated rings. The lowest BCUT2D eigenvalue weighted by molar-refractivity contribution is -0.121. The summed E-state index contributed by atoms with van der Waals surface area (Å²) in [6.07, 6.45) is 0. The van der Waals surface area contributed by atoms with Crippen molar-refractivity contribution < 1.29 is 9.59 Å². The predicted octanol–water partition coefficient (Wildman–Crippen LogP) is 1.07. The third-order valence-corrected chi connectivity index (χ3v) is 2.80. The highest BCUT2D eigenvalue weighted by molar-refractivity contribution is 5.95. The van der Waals surface area contributed by atoms with Crippen LogP contribution >= 0.6 is 0 Å². The number of hydrogen-bond acceptors (Lipinski definition) is 4. The number of hydrogen-bond donors (Lipinski definition) is 3. The van der Waals surface area contributed by atoms with Crippen molar-refractivity contribution in [1.82, 2.24) is 15.5 Å². The molecule has 4 N–H and O–H groups in total. The van der Waals surface area contributed by atoms with Gasteiger partial charge in [-0.25, -0.2) is 4.79 Å². The Morgan fingerprint density at radius 1 is 1.18 bits per heavy atom. The Morgan fingerprint density at radius 3 is 2.36 bits per heavy atom. The van der Waals surface area contributed by atoms with Crippen LogP contribution in [0.4, 0.5) is 4.79 Å². The van der Waals surface area contributed by atoms with E-state index < -0.39 is 6.03 Å². The van der Waals surface area contributed by atoms with Gasteiger partial charge in [-0.05, 0) is 26.3 Å². The molecule has 1 aromatic rings. The highest BCUT2D eigenvalue weighted by Gasteiger charge is 2.17. The monoisotopic (exact) mass is 306 g/mol. The van der Waals surface area contributed by atoms with Gasteiger partial charge in [0.15, 0.2) is 0 Å². The van der Waals surface area contributed by atoms with E-state index >= 15 is 0 Å². The molecule has 0 saturated carbocycles. The molecule has 0 spiro atoms. The number of imide groups is 1. The molecule has 0 atom stereocenters. The van der Waals surface area contributed by atoms with Gasteiger partial charge < -0.3 is 11.1 Å². The Bertz CT molecular complexity index is 483. The molecule has 3 amide bonds. The first-order chi connectivity index (χ1) is 10.3. The minimum absolute atomic E-state index is 0.129. The maximum atomic E-state index is 12.0. The molecule has 6 heteroatoms. The van der Waals surface area contributed by atoms with Gasteiger partial charge in [0.1, 0.15) is 0 Å². The second kappa shape index (κ2) is 8.51. The van der Waals surface area contributed by atoms with Crippen molar-refractivity contribution in [2.75, 3.05) is 19.6 Å². The van der Waals surface area contributed by atoms with Gasteiger partial charge in [-0.1, -0.05) is 30.3 Å². The van der Waals surface area contributed by atoms with E-state index in [1.165, 1.54) is 0 Å². The van der Waals surface area contributed by atoms with E-state index in [4.69, 9.17) is 5.73 Å². The minimum Gasteiger partial charge on any atom is -0.333 e. The molecule has 122 valence electrons. The Kier molecular flexibility index (Phi) is 7.01. The molecule has 0 aromatic heterocycles. The fourth-order valence-corrected chi connectivity index (χ4v) is 1.98. The third kappa shape index (κ3) is 7.75. The van der Waals surface area contributed by atoms with Gasteiger partial charge in [0.25, 0.3) is 0 Å². The van der Waals surface area contributed by atoms with Gasteiger partial charge in [0, 0.05) is 25.2 Å². The first-order valence-corrected chi connectivity index (χ1v) is 7.38. The third-order valence-electron chi connectivity index (χ3n) is 2.80. The first kappa shape index (κ1) is 18.1. The predicted molar refractivity (Wildman–Crippen MR) is 87.2 cm³/mol. The first-order valence-electron chi connectivity index (χ1n) is 7.38. The van der Waals surface area contributed by atoms with Crippen molar-refractivity contribution in [3.05, 3.63) is 35.9 Å². The quantitative estimate of drug-likeness (QED) is 0.733. The van der Waals surface area contributed by atoms with Crippen LogP contribution in [0.25, 0.3) is 0 Å². The number of urea groups is 1. The summed E-state index contributed by atoms with van der Waals surface area (Å²) in [7, 11) is 0. The average Bonchev–Trinajstić information content (AvgIpc) is 2.37. The summed E-state index contributed by atoms with van der Waals surface area (Å²) in [5, 5.41) is 5.03. The maximum absolute atomic E-state index is 12.0. The number of rotatable bonds is 6. The standard InChI is InChI=1S/C16H26N4O2/c1-16(2,3)19-15(22)18-14(21)12-20(10-9-17)11-13-7-5-4-6-8-13/h4-8H,9-12,17H2,1-3H3,(H2,18,19,21,22). The fourth-order valence-electron chi connectivity index (χ4n) is 1.98. The molecule has 1 aromatic carbocycles. The lowest BCUT2D eigenvalue weighted by atomic mass is 10.1. The van der Waals surface area contributed by atoms with Gasteiger partial charge in [-0.15, -0.1) is 0 Å². The Balaban J connectivity index is 2.52. The van der Waals surface area contributed by atoms with Gasteiger partial charge in [0.05, 0.1) is 6.54 Å².